The van der Waals surface area contributed by atoms with Crippen molar-refractivity contribution in [2.75, 3.05) is 12.3 Å². The summed E-state index contributed by atoms with van der Waals surface area (Å²) < 4.78 is 29.4. The minimum atomic E-state index is -2.10. The molecule has 3 unspecified atom stereocenters. The molecule has 0 bridgehead atoms. The van der Waals surface area contributed by atoms with Gasteiger partial charge in [-0.1, -0.05) is 60.0 Å². The Bertz CT molecular complexity index is 1050. The van der Waals surface area contributed by atoms with Crippen LogP contribution in [0.4, 0.5) is 0 Å². The van der Waals surface area contributed by atoms with Gasteiger partial charge < -0.3 is 20.3 Å². The second-order valence-corrected chi connectivity index (χ2v) is 13.0. The molecule has 7 atom stereocenters. The molecule has 1 radical (unpaired) electrons. The van der Waals surface area contributed by atoms with Gasteiger partial charge in [0.05, 0.1) is 11.9 Å². The van der Waals surface area contributed by atoms with Gasteiger partial charge in [0.2, 0.25) is 0 Å². The average Bonchev–Trinajstić information content (AvgIpc) is 3.54. The molecule has 4 heterocycles. The molecule has 0 aromatic carbocycles. The molecule has 0 spiro atoms. The van der Waals surface area contributed by atoms with E-state index in [-0.39, 0.29) is 44.2 Å². The van der Waals surface area contributed by atoms with Gasteiger partial charge in [-0.3, -0.25) is 4.99 Å². The molecule has 2 fully saturated rings. The van der Waals surface area contributed by atoms with Crippen molar-refractivity contribution < 1.29 is 39.2 Å². The van der Waals surface area contributed by atoms with Gasteiger partial charge in [-0.2, -0.15) is 5.57 Å². The second-order valence-electron chi connectivity index (χ2n) is 11.9. The molecule has 4 aliphatic heterocycles. The summed E-state index contributed by atoms with van der Waals surface area (Å²) in [7, 11) is 0. The van der Waals surface area contributed by atoms with Crippen molar-refractivity contribution in [3.05, 3.63) is 45.9 Å². The zero-order chi connectivity index (χ0) is 30.6. The minimum absolute atomic E-state index is 0. The van der Waals surface area contributed by atoms with Crippen LogP contribution in [0.15, 0.2) is 39.1 Å². The van der Waals surface area contributed by atoms with Gasteiger partial charge in [-0.15, -0.1) is 30.8 Å². The van der Waals surface area contributed by atoms with Crippen molar-refractivity contribution in [2.24, 2.45) is 40.5 Å². The molecule has 0 aromatic heterocycles. The molecular weight excluding hydrogens is 697 g/mol. The van der Waals surface area contributed by atoms with Gasteiger partial charge in [0.15, 0.2) is 6.23 Å². The summed E-state index contributed by atoms with van der Waals surface area (Å²) in [5.74, 6) is 4.89. The molecule has 5 aliphatic rings. The molecule has 1 aliphatic carbocycles. The van der Waals surface area contributed by atoms with Crippen LogP contribution in [0.3, 0.4) is 0 Å². The average molecular weight is 752 g/mol. The molecule has 40 heavy (non-hydrogen) atoms. The van der Waals surface area contributed by atoms with Crippen molar-refractivity contribution in [2.45, 2.75) is 111 Å². The number of aliphatic hydroxyl groups is 2. The molecule has 7 heteroatoms. The van der Waals surface area contributed by atoms with E-state index in [1.165, 1.54) is 16.2 Å². The maximum absolute atomic E-state index is 9.88. The molecule has 2 N–H and O–H groups in total. The zero-order valence-corrected chi connectivity index (χ0v) is 28.1. The molecule has 0 amide bonds. The normalized spacial score (nSPS) is 33.4. The van der Waals surface area contributed by atoms with E-state index in [0.29, 0.717) is 41.6 Å². The standard InChI is InChI=1S/C20H26N2OS.C13H26O2.Ir/c1-11-10-24-16-8-9-21-18(17(11)16)15-5-3-4-13-14-7-6-12(2)22-20(14)23-19(13)15;1-5-10(6-2)12(14)9-13(15)11(7-3)8-4;/h5,8,11,13-14,17-18,20H,3-4,6-7,9-10H2,1-2H3;9-12,14-15H,5-8H2,1-4H3;/q-2;;/b;13-9-;/t11?,13-,14?,17-,18-,20?;12-;/m01./s1/i2D3;;. The van der Waals surface area contributed by atoms with Crippen LogP contribution in [0, 0.1) is 41.9 Å². The van der Waals surface area contributed by atoms with Crippen LogP contribution in [-0.4, -0.2) is 46.6 Å². The first-order chi connectivity index (χ1) is 20.0. The summed E-state index contributed by atoms with van der Waals surface area (Å²) in [6, 6.07) is 0.194. The number of aliphatic hydroxyl groups excluding tert-OH is 2. The molecule has 2 saturated heterocycles. The van der Waals surface area contributed by atoms with Crippen molar-refractivity contribution >= 4 is 17.5 Å². The van der Waals surface area contributed by atoms with Crippen LogP contribution in [0.25, 0.3) is 5.32 Å². The Morgan fingerprint density at radius 3 is 2.67 bits per heavy atom. The van der Waals surface area contributed by atoms with Gasteiger partial charge in [-0.05, 0) is 72.9 Å². The zero-order valence-electron chi connectivity index (χ0n) is 27.9. The summed E-state index contributed by atoms with van der Waals surface area (Å²) in [5, 5.41) is 24.7. The largest absolute Gasteiger partial charge is 0.654 e. The van der Waals surface area contributed by atoms with Gasteiger partial charge in [0, 0.05) is 47.5 Å². The fraction of sp³-hybridized carbons (Fsp3) is 0.758. The third-order valence-corrected chi connectivity index (χ3v) is 11.0. The number of fused-ring (bicyclic) bond motifs is 4. The van der Waals surface area contributed by atoms with E-state index in [2.05, 4.69) is 52.1 Å². The van der Waals surface area contributed by atoms with Crippen molar-refractivity contribution in [3.63, 3.8) is 0 Å². The number of rotatable bonds is 8. The van der Waals surface area contributed by atoms with Crippen molar-refractivity contribution in [1.29, 1.82) is 0 Å². The Labute approximate surface area is 265 Å². The third kappa shape index (κ3) is 7.43. The number of allylic oxidation sites excluding steroid dienone is 2. The van der Waals surface area contributed by atoms with E-state index in [9.17, 15) is 10.2 Å². The van der Waals surface area contributed by atoms with E-state index < -0.39 is 13.0 Å². The van der Waals surface area contributed by atoms with Gasteiger partial charge in [-0.25, -0.2) is 6.42 Å². The predicted molar refractivity (Wildman–Crippen MR) is 165 cm³/mol. The van der Waals surface area contributed by atoms with E-state index in [1.807, 2.05) is 11.8 Å². The van der Waals surface area contributed by atoms with E-state index in [1.54, 1.807) is 6.08 Å². The molecule has 5 rings (SSSR count). The first kappa shape index (κ1) is 29.4. The van der Waals surface area contributed by atoms with Crippen LogP contribution < -0.4 is 0 Å². The SMILES string of the molecule is CCC(CC)/C(O)=C/[C@@H](O)C(CC)CC.[2H]C([2H])([2H])C1=NC2OC3=C([C@@H]4[N-]CC=C5SCC(C)[C@@H]54)[CH-]CC[C@H]3C2CC1.[Ir]. The van der Waals surface area contributed by atoms with E-state index in [0.717, 1.165) is 57.2 Å². The monoisotopic (exact) mass is 752 g/mol. The first-order valence-corrected chi connectivity index (χ1v) is 16.4. The fourth-order valence-corrected chi connectivity index (χ4v) is 8.46. The maximum atomic E-state index is 9.88. The van der Waals surface area contributed by atoms with Gasteiger partial charge >= 0.3 is 0 Å². The molecule has 0 aromatic rings. The van der Waals surface area contributed by atoms with Crippen LogP contribution in [0.5, 0.6) is 0 Å². The second kappa shape index (κ2) is 15.7. The van der Waals surface area contributed by atoms with Gasteiger partial charge in [0.25, 0.3) is 0 Å². The Kier molecular flexibility index (Phi) is 11.5. The minimum Gasteiger partial charge on any atom is -0.654 e. The number of hydrogen-bond acceptors (Lipinski definition) is 5. The third-order valence-electron chi connectivity index (χ3n) is 9.58. The van der Waals surface area contributed by atoms with Crippen molar-refractivity contribution in [1.82, 2.24) is 0 Å². The molecule has 5 nitrogen and oxygen atoms in total. The Hall–Kier alpha value is -0.721. The number of hydrogen-bond donors (Lipinski definition) is 2. The summed E-state index contributed by atoms with van der Waals surface area (Å²) in [6.45, 7) is 9.28. The number of aliphatic imine (C=N–C) groups is 1. The first-order valence-electron chi connectivity index (χ1n) is 16.9. The van der Waals surface area contributed by atoms with Crippen LogP contribution in [-0.2, 0) is 24.8 Å². The summed E-state index contributed by atoms with van der Waals surface area (Å²) >= 11 is 1.99. The van der Waals surface area contributed by atoms with Gasteiger partial charge in [0.1, 0.15) is 0 Å². The van der Waals surface area contributed by atoms with Crippen LogP contribution in [0.1, 0.15) is 96.9 Å². The molecular formula is C33H52IrN2O3S-2. The smallest absolute Gasteiger partial charge is 0.171 e. The Morgan fingerprint density at radius 1 is 1.25 bits per heavy atom. The van der Waals surface area contributed by atoms with Crippen LogP contribution in [0.2, 0.25) is 0 Å². The number of nitrogens with zero attached hydrogens (tertiary/aromatic N) is 2. The number of ether oxygens (including phenoxy) is 1. The van der Waals surface area contributed by atoms with Crippen molar-refractivity contribution in [3.8, 4) is 0 Å². The summed E-state index contributed by atoms with van der Waals surface area (Å²) in [4.78, 5) is 6.04. The summed E-state index contributed by atoms with van der Waals surface area (Å²) in [5.41, 5.74) is 1.61. The molecule has 229 valence electrons. The van der Waals surface area contributed by atoms with E-state index in [4.69, 9.17) is 14.2 Å². The maximum Gasteiger partial charge on any atom is 0.171 e. The van der Waals surface area contributed by atoms with E-state index >= 15 is 0 Å². The quantitative estimate of drug-likeness (QED) is 0.193. The fourth-order valence-electron chi connectivity index (χ4n) is 7.06. The summed E-state index contributed by atoms with van der Waals surface area (Å²) in [6.07, 6.45) is 12.8. The molecule has 0 saturated carbocycles. The Morgan fingerprint density at radius 2 is 2.00 bits per heavy atom. The van der Waals surface area contributed by atoms with Crippen LogP contribution >= 0.6 is 11.8 Å². The topological polar surface area (TPSA) is 76.2 Å². The predicted octanol–water partition coefficient (Wildman–Crippen LogP) is 8.38. The Balaban J connectivity index is 0.000000274. The number of thioether (sulfide) groups is 1.